The molecule has 100 valence electrons. The lowest BCUT2D eigenvalue weighted by molar-refractivity contribution is 0.0673. The Hall–Kier alpha value is -1.77. The number of para-hydroxylation sites is 1. The van der Waals surface area contributed by atoms with Gasteiger partial charge in [0.15, 0.2) is 0 Å². The number of likely N-dealkylation sites (tertiary alicyclic amines) is 1. The Morgan fingerprint density at radius 1 is 1.42 bits per heavy atom. The third-order valence-corrected chi connectivity index (χ3v) is 4.20. The lowest BCUT2D eigenvalue weighted by Crippen LogP contribution is -2.39. The molecule has 0 aliphatic carbocycles. The smallest absolute Gasteiger partial charge is 0.255 e. The summed E-state index contributed by atoms with van der Waals surface area (Å²) in [6.45, 7) is 4.02. The summed E-state index contributed by atoms with van der Waals surface area (Å²) in [4.78, 5) is 17.9. The van der Waals surface area contributed by atoms with Gasteiger partial charge in [-0.1, -0.05) is 25.5 Å². The van der Waals surface area contributed by atoms with Crippen LogP contribution in [0.5, 0.6) is 0 Å². The van der Waals surface area contributed by atoms with Gasteiger partial charge >= 0.3 is 0 Å². The van der Waals surface area contributed by atoms with Crippen LogP contribution in [0.1, 0.15) is 36.5 Å². The fourth-order valence-corrected chi connectivity index (χ4v) is 3.02. The predicted molar refractivity (Wildman–Crippen MR) is 77.2 cm³/mol. The van der Waals surface area contributed by atoms with Gasteiger partial charge in [-0.05, 0) is 30.9 Å². The second kappa shape index (κ2) is 5.08. The van der Waals surface area contributed by atoms with Gasteiger partial charge in [-0.25, -0.2) is 0 Å². The van der Waals surface area contributed by atoms with Crippen LogP contribution in [0.2, 0.25) is 0 Å². The van der Waals surface area contributed by atoms with Crippen LogP contribution in [0, 0.1) is 5.92 Å². The Balaban J connectivity index is 1.89. The summed E-state index contributed by atoms with van der Waals surface area (Å²) in [7, 11) is 0. The number of benzene rings is 1. The van der Waals surface area contributed by atoms with Crippen molar-refractivity contribution in [2.45, 2.75) is 26.2 Å². The predicted octanol–water partition coefficient (Wildman–Crippen LogP) is 3.43. The number of amides is 1. The first-order valence-corrected chi connectivity index (χ1v) is 7.15. The third kappa shape index (κ3) is 2.25. The van der Waals surface area contributed by atoms with Gasteiger partial charge in [0.2, 0.25) is 0 Å². The van der Waals surface area contributed by atoms with Gasteiger partial charge in [0.1, 0.15) is 0 Å². The van der Waals surface area contributed by atoms with Crippen LogP contribution in [0.3, 0.4) is 0 Å². The highest BCUT2D eigenvalue weighted by molar-refractivity contribution is 6.05. The molecule has 1 aromatic carbocycles. The number of aromatic amines is 1. The van der Waals surface area contributed by atoms with Crippen molar-refractivity contribution in [1.82, 2.24) is 9.88 Å². The second-order valence-electron chi connectivity index (χ2n) is 5.42. The van der Waals surface area contributed by atoms with E-state index in [2.05, 4.69) is 11.9 Å². The van der Waals surface area contributed by atoms with E-state index in [1.165, 1.54) is 6.42 Å². The number of H-pyrrole nitrogens is 1. The number of rotatable bonds is 2. The van der Waals surface area contributed by atoms with Crippen LogP contribution in [0.25, 0.3) is 10.9 Å². The molecule has 1 aromatic heterocycles. The summed E-state index contributed by atoms with van der Waals surface area (Å²) in [5.41, 5.74) is 1.77. The average Bonchev–Trinajstić information content (AvgIpc) is 2.95. The molecule has 1 saturated heterocycles. The molecule has 1 N–H and O–H groups in total. The highest BCUT2D eigenvalue weighted by atomic mass is 16.2. The molecule has 2 aromatic rings. The van der Waals surface area contributed by atoms with Crippen molar-refractivity contribution in [2.24, 2.45) is 5.92 Å². The molecule has 19 heavy (non-hydrogen) atoms. The standard InChI is InChI=1S/C16H20N2O/c1-2-12-5-4-10-18(11-12)16(19)14-7-3-6-13-8-9-17-15(13)14/h3,6-9,12,17H,2,4-5,10-11H2,1H3. The highest BCUT2D eigenvalue weighted by Gasteiger charge is 2.24. The van der Waals surface area contributed by atoms with E-state index in [4.69, 9.17) is 0 Å². The zero-order valence-corrected chi connectivity index (χ0v) is 11.4. The molecule has 2 heterocycles. The van der Waals surface area contributed by atoms with Crippen molar-refractivity contribution >= 4 is 16.8 Å². The Bertz CT molecular complexity index is 587. The molecule has 3 rings (SSSR count). The van der Waals surface area contributed by atoms with Gasteiger partial charge < -0.3 is 9.88 Å². The number of hydrogen-bond acceptors (Lipinski definition) is 1. The Kier molecular flexibility index (Phi) is 3.28. The summed E-state index contributed by atoms with van der Waals surface area (Å²) in [6.07, 6.45) is 5.45. The van der Waals surface area contributed by atoms with E-state index in [-0.39, 0.29) is 5.91 Å². The minimum Gasteiger partial charge on any atom is -0.361 e. The van der Waals surface area contributed by atoms with E-state index in [1.807, 2.05) is 35.4 Å². The zero-order valence-electron chi connectivity index (χ0n) is 11.4. The van der Waals surface area contributed by atoms with E-state index in [9.17, 15) is 4.79 Å². The first-order chi connectivity index (χ1) is 9.29. The summed E-state index contributed by atoms with van der Waals surface area (Å²) in [5, 5.41) is 1.11. The minimum absolute atomic E-state index is 0.172. The molecule has 0 spiro atoms. The molecule has 0 saturated carbocycles. The molecule has 0 bridgehead atoms. The van der Waals surface area contributed by atoms with Crippen molar-refractivity contribution < 1.29 is 4.79 Å². The average molecular weight is 256 g/mol. The van der Waals surface area contributed by atoms with Gasteiger partial charge in [-0.15, -0.1) is 0 Å². The molecule has 1 atom stereocenters. The molecular formula is C16H20N2O. The molecule has 3 heteroatoms. The molecule has 1 unspecified atom stereocenters. The van der Waals surface area contributed by atoms with Crippen LogP contribution in [0.15, 0.2) is 30.5 Å². The van der Waals surface area contributed by atoms with E-state index < -0.39 is 0 Å². The first kappa shape index (κ1) is 12.3. The van der Waals surface area contributed by atoms with Crippen molar-refractivity contribution in [2.75, 3.05) is 13.1 Å². The van der Waals surface area contributed by atoms with Gasteiger partial charge in [-0.3, -0.25) is 4.79 Å². The van der Waals surface area contributed by atoms with Gasteiger partial charge in [0, 0.05) is 24.7 Å². The lowest BCUT2D eigenvalue weighted by Gasteiger charge is -2.32. The normalized spacial score (nSPS) is 19.8. The fraction of sp³-hybridized carbons (Fsp3) is 0.438. The molecule has 0 radical (unpaired) electrons. The molecule has 1 amide bonds. The van der Waals surface area contributed by atoms with Crippen LogP contribution in [0.4, 0.5) is 0 Å². The summed E-state index contributed by atoms with van der Waals surface area (Å²) in [5.74, 6) is 0.840. The van der Waals surface area contributed by atoms with E-state index in [0.29, 0.717) is 5.92 Å². The van der Waals surface area contributed by atoms with E-state index in [0.717, 1.165) is 42.4 Å². The molecule has 3 nitrogen and oxygen atoms in total. The first-order valence-electron chi connectivity index (χ1n) is 7.15. The summed E-state index contributed by atoms with van der Waals surface area (Å²) >= 11 is 0. The third-order valence-electron chi connectivity index (χ3n) is 4.20. The Labute approximate surface area is 113 Å². The van der Waals surface area contributed by atoms with Crippen LogP contribution in [-0.2, 0) is 0 Å². The van der Waals surface area contributed by atoms with Crippen LogP contribution >= 0.6 is 0 Å². The van der Waals surface area contributed by atoms with Crippen molar-refractivity contribution in [3.05, 3.63) is 36.0 Å². The van der Waals surface area contributed by atoms with Crippen molar-refractivity contribution in [3.8, 4) is 0 Å². The topological polar surface area (TPSA) is 36.1 Å². The monoisotopic (exact) mass is 256 g/mol. The summed E-state index contributed by atoms with van der Waals surface area (Å²) in [6, 6.07) is 7.94. The van der Waals surface area contributed by atoms with Gasteiger partial charge in [0.05, 0.1) is 11.1 Å². The minimum atomic E-state index is 0.172. The van der Waals surface area contributed by atoms with Gasteiger partial charge in [0.25, 0.3) is 5.91 Å². The van der Waals surface area contributed by atoms with E-state index in [1.54, 1.807) is 0 Å². The molecule has 1 aliphatic rings. The Morgan fingerprint density at radius 2 is 2.32 bits per heavy atom. The number of carbonyl (C=O) groups excluding carboxylic acids is 1. The lowest BCUT2D eigenvalue weighted by atomic mass is 9.95. The number of aromatic nitrogens is 1. The number of piperidine rings is 1. The maximum atomic E-state index is 12.7. The maximum Gasteiger partial charge on any atom is 0.255 e. The molecule has 1 aliphatic heterocycles. The quantitative estimate of drug-likeness (QED) is 0.878. The van der Waals surface area contributed by atoms with Gasteiger partial charge in [-0.2, -0.15) is 0 Å². The molecular weight excluding hydrogens is 236 g/mol. The SMILES string of the molecule is CCC1CCCN(C(=O)c2cccc3cc[nH]c23)C1. The van der Waals surface area contributed by atoms with E-state index >= 15 is 0 Å². The Morgan fingerprint density at radius 3 is 3.16 bits per heavy atom. The van der Waals surface area contributed by atoms with Crippen molar-refractivity contribution in [3.63, 3.8) is 0 Å². The molecule has 1 fully saturated rings. The number of fused-ring (bicyclic) bond motifs is 1. The zero-order chi connectivity index (χ0) is 13.2. The van der Waals surface area contributed by atoms with Crippen LogP contribution < -0.4 is 0 Å². The van der Waals surface area contributed by atoms with Crippen molar-refractivity contribution in [1.29, 1.82) is 0 Å². The number of carbonyl (C=O) groups is 1. The fourth-order valence-electron chi connectivity index (χ4n) is 3.02. The van der Waals surface area contributed by atoms with Crippen LogP contribution in [-0.4, -0.2) is 28.9 Å². The summed E-state index contributed by atoms with van der Waals surface area (Å²) < 4.78 is 0. The number of nitrogens with one attached hydrogen (secondary N) is 1. The highest BCUT2D eigenvalue weighted by Crippen LogP contribution is 2.23. The second-order valence-corrected chi connectivity index (χ2v) is 5.42. The number of nitrogens with zero attached hydrogens (tertiary/aromatic N) is 1. The largest absolute Gasteiger partial charge is 0.361 e. The number of hydrogen-bond donors (Lipinski definition) is 1. The maximum absolute atomic E-state index is 12.7.